The fourth-order valence-electron chi connectivity index (χ4n) is 3.13. The van der Waals surface area contributed by atoms with Crippen LogP contribution in [0.3, 0.4) is 0 Å². The smallest absolute Gasteiger partial charge is 0.263 e. The summed E-state index contributed by atoms with van der Waals surface area (Å²) >= 11 is 2.68. The largest absolute Gasteiger partial charge is 0.397 e. The van der Waals surface area contributed by atoms with Crippen LogP contribution in [-0.4, -0.2) is 10.9 Å². The minimum absolute atomic E-state index is 0.246. The lowest BCUT2D eigenvalue weighted by molar-refractivity contribution is 0.101. The second kappa shape index (κ2) is 10.6. The van der Waals surface area contributed by atoms with E-state index in [1.54, 1.807) is 6.08 Å². The molecule has 3 rings (SSSR count). The lowest BCUT2D eigenvalue weighted by Gasteiger charge is -2.11. The molecule has 8 heteroatoms. The molecule has 32 heavy (non-hydrogen) atoms. The Balaban J connectivity index is 1.86. The minimum atomic E-state index is -0.929. The van der Waals surface area contributed by atoms with Crippen LogP contribution in [-0.2, 0) is 6.42 Å². The monoisotopic (exact) mass is 471 g/mol. The van der Waals surface area contributed by atoms with Crippen LogP contribution in [0, 0.1) is 11.6 Å². The molecule has 1 aliphatic carbocycles. The van der Waals surface area contributed by atoms with E-state index in [0.29, 0.717) is 12.1 Å². The molecule has 0 spiro atoms. The number of anilines is 1. The van der Waals surface area contributed by atoms with Crippen LogP contribution in [0.2, 0.25) is 0 Å². The lowest BCUT2D eigenvalue weighted by Crippen LogP contribution is -2.15. The van der Waals surface area contributed by atoms with Gasteiger partial charge in [0.15, 0.2) is 5.13 Å². The molecule has 1 amide bonds. The van der Waals surface area contributed by atoms with Crippen LogP contribution in [0.5, 0.6) is 0 Å². The first-order valence-electron chi connectivity index (χ1n) is 9.92. The van der Waals surface area contributed by atoms with E-state index in [2.05, 4.69) is 23.5 Å². The standard InChI is InChI=1S/C24H23F2N3OS2/c1-4-6-9-15(5-2)14(3)31-19-13-8-12-18-22(21(19)27)32-24(28-18)29-23(30)20-16(25)10-7-11-17(20)26/h4-7,9-11H,2-3,8,12-13,27H2,1H3,(H,28,29,30)/b6-4-,15-9+. The number of carbonyl (C=O) groups excluding carboxylic acids is 1. The summed E-state index contributed by atoms with van der Waals surface area (Å²) in [6.45, 7) is 9.92. The molecule has 1 aromatic heterocycles. The summed E-state index contributed by atoms with van der Waals surface area (Å²) in [6.07, 6.45) is 9.80. The van der Waals surface area contributed by atoms with Gasteiger partial charge >= 0.3 is 0 Å². The topological polar surface area (TPSA) is 68.0 Å². The highest BCUT2D eigenvalue weighted by molar-refractivity contribution is 8.07. The summed E-state index contributed by atoms with van der Waals surface area (Å²) in [6, 6.07) is 3.28. The highest BCUT2D eigenvalue weighted by atomic mass is 32.2. The number of nitrogens with one attached hydrogen (secondary N) is 1. The lowest BCUT2D eigenvalue weighted by atomic mass is 10.2. The molecule has 4 nitrogen and oxygen atoms in total. The predicted molar refractivity (Wildman–Crippen MR) is 130 cm³/mol. The highest BCUT2D eigenvalue weighted by Crippen LogP contribution is 2.41. The molecule has 0 fully saturated rings. The van der Waals surface area contributed by atoms with Gasteiger partial charge in [-0.2, -0.15) is 0 Å². The molecule has 166 valence electrons. The van der Waals surface area contributed by atoms with Crippen LogP contribution in [0.25, 0.3) is 5.70 Å². The number of aryl methyl sites for hydroxylation is 1. The zero-order valence-corrected chi connectivity index (χ0v) is 19.2. The van der Waals surface area contributed by atoms with Crippen molar-refractivity contribution >= 4 is 39.8 Å². The van der Waals surface area contributed by atoms with Gasteiger partial charge in [-0.3, -0.25) is 10.1 Å². The maximum absolute atomic E-state index is 13.9. The summed E-state index contributed by atoms with van der Waals surface area (Å²) in [5.41, 5.74) is 8.08. The van der Waals surface area contributed by atoms with E-state index >= 15 is 0 Å². The molecule has 0 aliphatic heterocycles. The van der Waals surface area contributed by atoms with E-state index in [1.807, 2.05) is 25.2 Å². The number of thiazole rings is 1. The van der Waals surface area contributed by atoms with Crippen molar-refractivity contribution in [1.82, 2.24) is 4.98 Å². The summed E-state index contributed by atoms with van der Waals surface area (Å²) in [5.74, 6) is -2.75. The summed E-state index contributed by atoms with van der Waals surface area (Å²) in [5, 5.41) is 2.75. The number of benzene rings is 1. The van der Waals surface area contributed by atoms with E-state index in [1.165, 1.54) is 29.2 Å². The molecule has 0 atom stereocenters. The molecule has 2 aromatic rings. The number of nitrogens with two attached hydrogens (primary N) is 1. The number of amides is 1. The number of aromatic nitrogens is 1. The Kier molecular flexibility index (Phi) is 7.82. The van der Waals surface area contributed by atoms with Crippen LogP contribution < -0.4 is 11.1 Å². The van der Waals surface area contributed by atoms with Gasteiger partial charge in [-0.15, -0.1) is 0 Å². The summed E-state index contributed by atoms with van der Waals surface area (Å²) in [7, 11) is 0. The Morgan fingerprint density at radius 3 is 2.69 bits per heavy atom. The predicted octanol–water partition coefficient (Wildman–Crippen LogP) is 6.57. The first-order valence-corrected chi connectivity index (χ1v) is 11.6. The quantitative estimate of drug-likeness (QED) is 0.448. The van der Waals surface area contributed by atoms with E-state index < -0.39 is 23.1 Å². The Bertz CT molecular complexity index is 1140. The van der Waals surface area contributed by atoms with E-state index in [0.717, 1.165) is 50.9 Å². The van der Waals surface area contributed by atoms with Gasteiger partial charge in [-0.25, -0.2) is 13.8 Å². The van der Waals surface area contributed by atoms with Gasteiger partial charge in [0.25, 0.3) is 5.91 Å². The van der Waals surface area contributed by atoms with Crippen molar-refractivity contribution in [3.8, 4) is 0 Å². The number of allylic oxidation sites excluding steroid dienone is 6. The van der Waals surface area contributed by atoms with Crippen molar-refractivity contribution < 1.29 is 13.6 Å². The van der Waals surface area contributed by atoms with Gasteiger partial charge in [0, 0.05) is 9.81 Å². The highest BCUT2D eigenvalue weighted by Gasteiger charge is 2.23. The second-order valence-electron chi connectivity index (χ2n) is 6.91. The first-order chi connectivity index (χ1) is 15.3. The molecule has 1 aromatic carbocycles. The first kappa shape index (κ1) is 23.7. The third-order valence-corrected chi connectivity index (χ3v) is 6.93. The molecule has 1 heterocycles. The minimum Gasteiger partial charge on any atom is -0.397 e. The van der Waals surface area contributed by atoms with Gasteiger partial charge in [0.05, 0.1) is 16.3 Å². The Morgan fingerprint density at radius 1 is 1.31 bits per heavy atom. The summed E-state index contributed by atoms with van der Waals surface area (Å²) in [4.78, 5) is 19.4. The van der Waals surface area contributed by atoms with Gasteiger partial charge in [-0.05, 0) is 43.9 Å². The number of thioether (sulfide) groups is 1. The number of halogens is 2. The van der Waals surface area contributed by atoms with E-state index in [4.69, 9.17) is 5.73 Å². The summed E-state index contributed by atoms with van der Waals surface area (Å²) < 4.78 is 27.8. The molecule has 0 saturated heterocycles. The third-order valence-electron chi connectivity index (χ3n) is 4.73. The zero-order valence-electron chi connectivity index (χ0n) is 17.6. The van der Waals surface area contributed by atoms with E-state index in [-0.39, 0.29) is 5.13 Å². The molecular weight excluding hydrogens is 448 g/mol. The maximum atomic E-state index is 13.9. The number of rotatable bonds is 7. The Labute approximate surface area is 194 Å². The van der Waals surface area contributed by atoms with Crippen molar-refractivity contribution in [2.75, 3.05) is 5.32 Å². The van der Waals surface area contributed by atoms with Gasteiger partial charge in [0.1, 0.15) is 17.2 Å². The molecule has 3 N–H and O–H groups in total. The Morgan fingerprint density at radius 2 is 2.03 bits per heavy atom. The fourth-order valence-corrected chi connectivity index (χ4v) is 5.21. The van der Waals surface area contributed by atoms with Crippen molar-refractivity contribution in [2.45, 2.75) is 26.2 Å². The number of hydrogen-bond donors (Lipinski definition) is 2. The van der Waals surface area contributed by atoms with Crippen LogP contribution in [0.4, 0.5) is 13.9 Å². The SMILES string of the molecule is C=C/C(=C\C=C/C)C(=C)SC1=C(N)c2sc(NC(=O)c3c(F)cccc3F)nc2CCC1. The van der Waals surface area contributed by atoms with Crippen molar-refractivity contribution in [2.24, 2.45) is 5.73 Å². The average Bonchev–Trinajstić information content (AvgIpc) is 3.09. The van der Waals surface area contributed by atoms with Gasteiger partial charge < -0.3 is 5.73 Å². The van der Waals surface area contributed by atoms with Gasteiger partial charge in [0.2, 0.25) is 0 Å². The number of hydrogen-bond acceptors (Lipinski definition) is 5. The van der Waals surface area contributed by atoms with Crippen molar-refractivity contribution in [3.05, 3.63) is 98.8 Å². The van der Waals surface area contributed by atoms with Crippen molar-refractivity contribution in [3.63, 3.8) is 0 Å². The molecule has 0 saturated carbocycles. The molecular formula is C24H23F2N3OS2. The fraction of sp³-hybridized carbons (Fsp3) is 0.167. The average molecular weight is 472 g/mol. The number of nitrogens with zero attached hydrogens (tertiary/aromatic N) is 1. The normalized spacial score (nSPS) is 14.3. The molecule has 0 unspecified atom stereocenters. The zero-order chi connectivity index (χ0) is 23.3. The van der Waals surface area contributed by atoms with Crippen LogP contribution >= 0.6 is 23.1 Å². The second-order valence-corrected chi connectivity index (χ2v) is 9.10. The van der Waals surface area contributed by atoms with Crippen molar-refractivity contribution in [1.29, 1.82) is 0 Å². The molecule has 0 bridgehead atoms. The van der Waals surface area contributed by atoms with Gasteiger partial charge in [-0.1, -0.05) is 66.6 Å². The Hall–Kier alpha value is -2.97. The van der Waals surface area contributed by atoms with Crippen LogP contribution in [0.15, 0.2) is 71.0 Å². The van der Waals surface area contributed by atoms with Crippen LogP contribution in [0.1, 0.15) is 40.7 Å². The number of carbonyl (C=O) groups is 1. The molecule has 1 aliphatic rings. The molecule has 0 radical (unpaired) electrons. The maximum Gasteiger partial charge on any atom is 0.263 e. The number of fused-ring (bicyclic) bond motifs is 1. The van der Waals surface area contributed by atoms with E-state index in [9.17, 15) is 13.6 Å². The third kappa shape index (κ3) is 5.26.